The van der Waals surface area contributed by atoms with Crippen LogP contribution < -0.4 is 4.90 Å². The molecule has 2 fully saturated rings. The van der Waals surface area contributed by atoms with Gasteiger partial charge in [0.2, 0.25) is 15.9 Å². The molecule has 37 heavy (non-hydrogen) atoms. The minimum absolute atomic E-state index is 0. The van der Waals surface area contributed by atoms with Gasteiger partial charge in [-0.2, -0.15) is 0 Å². The highest BCUT2D eigenvalue weighted by atomic mass is 35.5. The number of aromatic nitrogens is 1. The summed E-state index contributed by atoms with van der Waals surface area (Å²) in [5.74, 6) is -1.45. The molecule has 2 aromatic rings. The zero-order chi connectivity index (χ0) is 25.6. The number of piperazine rings is 1. The Kier molecular flexibility index (Phi) is 7.99. The third kappa shape index (κ3) is 5.27. The van der Waals surface area contributed by atoms with Crippen molar-refractivity contribution >= 4 is 51.3 Å². The summed E-state index contributed by atoms with van der Waals surface area (Å²) < 4.78 is 25.6. The largest absolute Gasteiger partial charge is 0.369 e. The van der Waals surface area contributed by atoms with Crippen molar-refractivity contribution in [2.45, 2.75) is 26.4 Å². The van der Waals surface area contributed by atoms with Crippen molar-refractivity contribution in [3.63, 3.8) is 0 Å². The van der Waals surface area contributed by atoms with Crippen LogP contribution in [-0.2, 0) is 21.4 Å². The molecule has 2 saturated heterocycles. The lowest BCUT2D eigenvalue weighted by Crippen LogP contribution is -2.46. The number of halogens is 1. The lowest BCUT2D eigenvalue weighted by molar-refractivity contribution is -0.128. The summed E-state index contributed by atoms with van der Waals surface area (Å²) in [6, 6.07) is 9.80. The second kappa shape index (κ2) is 10.7. The van der Waals surface area contributed by atoms with Crippen LogP contribution in [0.15, 0.2) is 47.5 Å². The van der Waals surface area contributed by atoms with Gasteiger partial charge in [0.05, 0.1) is 30.5 Å². The Bertz CT molecular complexity index is 1290. The topological polar surface area (TPSA) is 94.1 Å². The summed E-state index contributed by atoms with van der Waals surface area (Å²) in [5.41, 5.74) is 1.97. The van der Waals surface area contributed by atoms with Crippen LogP contribution in [0.25, 0.3) is 0 Å². The smallest absolute Gasteiger partial charge is 0.274 e. The van der Waals surface area contributed by atoms with Crippen LogP contribution in [-0.4, -0.2) is 84.3 Å². The second-order valence-corrected chi connectivity index (χ2v) is 12.7. The number of thiazole rings is 1. The van der Waals surface area contributed by atoms with Gasteiger partial charge in [-0.15, -0.1) is 23.7 Å². The molecule has 1 aromatic carbocycles. The van der Waals surface area contributed by atoms with Crippen molar-refractivity contribution in [1.29, 1.82) is 0 Å². The van der Waals surface area contributed by atoms with Crippen LogP contribution in [0.1, 0.15) is 29.3 Å². The minimum atomic E-state index is -3.77. The van der Waals surface area contributed by atoms with Crippen LogP contribution in [0.4, 0.5) is 5.69 Å². The Morgan fingerprint density at radius 1 is 1.14 bits per heavy atom. The molecular weight excluding hydrogens is 534 g/mol. The van der Waals surface area contributed by atoms with E-state index >= 15 is 0 Å². The van der Waals surface area contributed by atoms with E-state index in [1.807, 2.05) is 19.9 Å². The van der Waals surface area contributed by atoms with Gasteiger partial charge in [0.1, 0.15) is 10.7 Å². The zero-order valence-corrected chi connectivity index (χ0v) is 23.6. The average Bonchev–Trinajstić information content (AvgIpc) is 3.53. The first-order valence-corrected chi connectivity index (χ1v) is 14.9. The average molecular weight is 566 g/mol. The second-order valence-electron chi connectivity index (χ2n) is 9.89. The van der Waals surface area contributed by atoms with E-state index < -0.39 is 27.9 Å². The van der Waals surface area contributed by atoms with E-state index in [0.29, 0.717) is 17.9 Å². The van der Waals surface area contributed by atoms with E-state index in [1.165, 1.54) is 17.0 Å². The number of hydrogen-bond donors (Lipinski definition) is 0. The van der Waals surface area contributed by atoms with Gasteiger partial charge in [0.25, 0.3) is 5.91 Å². The van der Waals surface area contributed by atoms with E-state index in [0.717, 1.165) is 41.7 Å². The Morgan fingerprint density at radius 3 is 2.43 bits per heavy atom. The number of nitrogens with zero attached hydrogens (tertiary/aromatic N) is 5. The van der Waals surface area contributed by atoms with Crippen LogP contribution in [0.3, 0.4) is 0 Å². The van der Waals surface area contributed by atoms with Crippen molar-refractivity contribution in [3.05, 3.63) is 58.2 Å². The Morgan fingerprint density at radius 2 is 1.81 bits per heavy atom. The third-order valence-corrected chi connectivity index (χ3v) is 9.02. The molecule has 0 unspecified atom stereocenters. The molecule has 0 N–H and O–H groups in total. The molecule has 1 aromatic heterocycles. The Balaban J connectivity index is 0.00000320. The number of carbonyl (C=O) groups excluding carboxylic acids is 2. The van der Waals surface area contributed by atoms with Crippen molar-refractivity contribution in [1.82, 2.24) is 19.1 Å². The van der Waals surface area contributed by atoms with Gasteiger partial charge in [0.15, 0.2) is 0 Å². The highest BCUT2D eigenvalue weighted by Gasteiger charge is 2.55. The molecule has 0 bridgehead atoms. The van der Waals surface area contributed by atoms with Crippen molar-refractivity contribution in [2.75, 3.05) is 43.9 Å². The highest BCUT2D eigenvalue weighted by Crippen LogP contribution is 2.41. The molecule has 4 heterocycles. The van der Waals surface area contributed by atoms with Crippen LogP contribution in [0.2, 0.25) is 0 Å². The molecule has 0 spiro atoms. The van der Waals surface area contributed by atoms with Gasteiger partial charge in [0, 0.05) is 43.8 Å². The minimum Gasteiger partial charge on any atom is -0.369 e. The number of hydrogen-bond acceptors (Lipinski definition) is 8. The molecule has 200 valence electrons. The predicted octanol–water partition coefficient (Wildman–Crippen LogP) is 2.67. The molecule has 12 heteroatoms. The summed E-state index contributed by atoms with van der Waals surface area (Å²) in [5, 5.41) is 2.64. The molecule has 3 aliphatic heterocycles. The van der Waals surface area contributed by atoms with Crippen molar-refractivity contribution in [3.8, 4) is 0 Å². The first-order valence-electron chi connectivity index (χ1n) is 12.2. The Labute approximate surface area is 228 Å². The van der Waals surface area contributed by atoms with Crippen LogP contribution in [0, 0.1) is 11.8 Å². The van der Waals surface area contributed by atoms with Gasteiger partial charge < -0.3 is 9.80 Å². The third-order valence-electron chi connectivity index (χ3n) is 7.13. The van der Waals surface area contributed by atoms with Crippen LogP contribution in [0.5, 0.6) is 0 Å². The summed E-state index contributed by atoms with van der Waals surface area (Å²) in [6.07, 6.45) is 2.71. The summed E-state index contributed by atoms with van der Waals surface area (Å²) in [7, 11) is -3.77. The van der Waals surface area contributed by atoms with E-state index in [4.69, 9.17) is 0 Å². The van der Waals surface area contributed by atoms with Gasteiger partial charge in [-0.05, 0) is 24.1 Å². The van der Waals surface area contributed by atoms with E-state index in [2.05, 4.69) is 39.0 Å². The quantitative estimate of drug-likeness (QED) is 0.531. The van der Waals surface area contributed by atoms with Crippen molar-refractivity contribution in [2.24, 2.45) is 11.8 Å². The van der Waals surface area contributed by atoms with Crippen LogP contribution >= 0.6 is 23.7 Å². The molecule has 2 atom stereocenters. The number of carbonyl (C=O) groups is 2. The number of sulfonamides is 1. The molecule has 0 aliphatic carbocycles. The van der Waals surface area contributed by atoms with Gasteiger partial charge in [-0.25, -0.2) is 17.7 Å². The molecular formula is C25H32ClN5O4S2. The fourth-order valence-corrected chi connectivity index (χ4v) is 7.22. The monoisotopic (exact) mass is 565 g/mol. The lowest BCUT2D eigenvalue weighted by Gasteiger charge is -2.35. The summed E-state index contributed by atoms with van der Waals surface area (Å²) in [6.45, 7) is 8.41. The lowest BCUT2D eigenvalue weighted by atomic mass is 9.89. The number of fused-ring (bicyclic) bond motifs is 1. The van der Waals surface area contributed by atoms with Gasteiger partial charge >= 0.3 is 0 Å². The SMILES string of the molecule is CC(C)[C@@H]1C(=O)N(S(C)(=O)=O)C2=CCN(C(=O)c3csc(CN4CCN(c5ccccc5)CC4)n3)[C@H]21.Cl. The number of para-hydroxylation sites is 1. The number of benzene rings is 1. The number of rotatable bonds is 6. The maximum Gasteiger partial charge on any atom is 0.274 e. The molecule has 5 rings (SSSR count). The van der Waals surface area contributed by atoms with E-state index in [-0.39, 0.29) is 30.8 Å². The number of anilines is 1. The molecule has 0 saturated carbocycles. The molecule has 0 radical (unpaired) electrons. The number of amides is 2. The fraction of sp³-hybridized carbons (Fsp3) is 0.480. The highest BCUT2D eigenvalue weighted by molar-refractivity contribution is 7.89. The van der Waals surface area contributed by atoms with Crippen molar-refractivity contribution < 1.29 is 18.0 Å². The summed E-state index contributed by atoms with van der Waals surface area (Å²) in [4.78, 5) is 37.4. The fourth-order valence-electron chi connectivity index (χ4n) is 5.40. The first kappa shape index (κ1) is 27.6. The Hall–Kier alpha value is -2.47. The predicted molar refractivity (Wildman–Crippen MR) is 146 cm³/mol. The summed E-state index contributed by atoms with van der Waals surface area (Å²) >= 11 is 1.46. The maximum atomic E-state index is 13.5. The van der Waals surface area contributed by atoms with Gasteiger partial charge in [-0.1, -0.05) is 32.0 Å². The molecule has 9 nitrogen and oxygen atoms in total. The molecule has 2 amide bonds. The normalized spacial score (nSPS) is 22.3. The van der Waals surface area contributed by atoms with Gasteiger partial charge in [-0.3, -0.25) is 14.5 Å². The maximum absolute atomic E-state index is 13.5. The molecule has 3 aliphatic rings. The van der Waals surface area contributed by atoms with E-state index in [9.17, 15) is 18.0 Å². The van der Waals surface area contributed by atoms with E-state index in [1.54, 1.807) is 16.4 Å². The zero-order valence-electron chi connectivity index (χ0n) is 21.1. The first-order chi connectivity index (χ1) is 17.1. The standard InChI is InChI=1S/C25H31N5O4S2.ClH/c1-17(2)22-23-20(30(25(22)32)36(3,33)34)9-10-29(23)24(31)19-16-35-21(26-19)15-27-11-13-28(14-12-27)18-7-5-4-6-8-18;/h4-9,16-17,22-23H,10-15H2,1-3H3;1H/t22-,23+;/m0./s1.